The van der Waals surface area contributed by atoms with Gasteiger partial charge in [-0.15, -0.1) is 10.2 Å². The van der Waals surface area contributed by atoms with Gasteiger partial charge < -0.3 is 15.3 Å². The molecule has 1 aromatic carbocycles. The summed E-state index contributed by atoms with van der Waals surface area (Å²) in [5, 5.41) is 20.9. The highest BCUT2D eigenvalue weighted by molar-refractivity contribution is 7.13. The fourth-order valence-electron chi connectivity index (χ4n) is 2.66. The topological polar surface area (TPSA) is 95.4 Å². The lowest BCUT2D eigenvalue weighted by Crippen LogP contribution is -2.43. The quantitative estimate of drug-likeness (QED) is 0.869. The number of rotatable bonds is 3. The van der Waals surface area contributed by atoms with E-state index in [2.05, 4.69) is 15.5 Å². The van der Waals surface area contributed by atoms with Gasteiger partial charge in [0.15, 0.2) is 0 Å². The van der Waals surface area contributed by atoms with Gasteiger partial charge in [0.25, 0.3) is 5.91 Å². The lowest BCUT2D eigenvalue weighted by atomic mass is 9.96. The van der Waals surface area contributed by atoms with Gasteiger partial charge in [-0.2, -0.15) is 0 Å². The number of halogens is 1. The average molecular weight is 367 g/mol. The van der Waals surface area contributed by atoms with E-state index in [0.717, 1.165) is 0 Å². The number of aromatic hydroxyl groups is 1. The molecule has 0 saturated carbocycles. The Morgan fingerprint density at radius 1 is 1.42 bits per heavy atom. The molecule has 1 atom stereocenters. The predicted molar refractivity (Wildman–Crippen MR) is 90.3 cm³/mol. The number of nitrogens with one attached hydrogen (secondary N) is 1. The number of carbonyl (C=O) groups is 2. The second-order valence-corrected chi connectivity index (χ2v) is 6.75. The number of carbonyl (C=O) groups excluding carboxylic acids is 2. The Bertz CT molecular complexity index is 753. The highest BCUT2D eigenvalue weighted by Crippen LogP contribution is 2.26. The van der Waals surface area contributed by atoms with Gasteiger partial charge in [-0.25, -0.2) is 0 Å². The molecule has 2 N–H and O–H groups in total. The van der Waals surface area contributed by atoms with Gasteiger partial charge in [-0.1, -0.05) is 22.9 Å². The van der Waals surface area contributed by atoms with Gasteiger partial charge in [-0.05, 0) is 31.0 Å². The smallest absolute Gasteiger partial charge is 0.257 e. The minimum atomic E-state index is -0.330. The first-order valence-electron chi connectivity index (χ1n) is 7.39. The van der Waals surface area contributed by atoms with E-state index in [9.17, 15) is 14.7 Å². The van der Waals surface area contributed by atoms with Crippen LogP contribution in [0.25, 0.3) is 0 Å². The largest absolute Gasteiger partial charge is 0.507 e. The molecule has 3 rings (SSSR count). The molecule has 2 heterocycles. The number of likely N-dealkylation sites (tertiary alicyclic amines) is 1. The second-order valence-electron chi connectivity index (χ2n) is 5.48. The highest BCUT2D eigenvalue weighted by Gasteiger charge is 2.30. The zero-order valence-corrected chi connectivity index (χ0v) is 14.2. The number of benzene rings is 1. The van der Waals surface area contributed by atoms with Crippen LogP contribution in [0.1, 0.15) is 23.2 Å². The average Bonchev–Trinajstić information content (AvgIpc) is 3.09. The van der Waals surface area contributed by atoms with E-state index in [-0.39, 0.29) is 35.6 Å². The molecule has 24 heavy (non-hydrogen) atoms. The van der Waals surface area contributed by atoms with Crippen LogP contribution in [0.15, 0.2) is 23.7 Å². The molecule has 1 saturated heterocycles. The van der Waals surface area contributed by atoms with Crippen molar-refractivity contribution in [3.8, 4) is 5.75 Å². The van der Waals surface area contributed by atoms with Crippen LogP contribution in [-0.2, 0) is 4.79 Å². The van der Waals surface area contributed by atoms with Crippen LogP contribution in [-0.4, -0.2) is 45.1 Å². The lowest BCUT2D eigenvalue weighted by molar-refractivity contribution is -0.121. The Morgan fingerprint density at radius 3 is 3.00 bits per heavy atom. The number of hydrogen-bond acceptors (Lipinski definition) is 6. The summed E-state index contributed by atoms with van der Waals surface area (Å²) in [6.45, 7) is 0.822. The van der Waals surface area contributed by atoms with E-state index >= 15 is 0 Å². The van der Waals surface area contributed by atoms with Gasteiger partial charge in [0.05, 0.1) is 11.5 Å². The number of phenolic OH excluding ortho intramolecular Hbond substituents is 1. The number of amides is 2. The molecule has 0 spiro atoms. The van der Waals surface area contributed by atoms with Crippen LogP contribution in [0.5, 0.6) is 5.75 Å². The van der Waals surface area contributed by atoms with Gasteiger partial charge in [-0.3, -0.25) is 9.59 Å². The summed E-state index contributed by atoms with van der Waals surface area (Å²) in [6.07, 6.45) is 1.40. The Kier molecular flexibility index (Phi) is 4.96. The zero-order chi connectivity index (χ0) is 17.1. The van der Waals surface area contributed by atoms with E-state index in [4.69, 9.17) is 11.6 Å². The molecule has 2 aromatic rings. The SMILES string of the molecule is O=C(Nc1nncs1)[C@H]1CCCN(C(=O)c2cc(Cl)ccc2O)C1. The fraction of sp³-hybridized carbons (Fsp3) is 0.333. The van der Waals surface area contributed by atoms with Crippen molar-refractivity contribution in [2.75, 3.05) is 18.4 Å². The van der Waals surface area contributed by atoms with E-state index in [0.29, 0.717) is 29.5 Å². The number of phenols is 1. The molecule has 0 aliphatic carbocycles. The molecule has 7 nitrogen and oxygen atoms in total. The highest BCUT2D eigenvalue weighted by atomic mass is 35.5. The number of piperidine rings is 1. The first kappa shape index (κ1) is 16.7. The number of nitrogens with zero attached hydrogens (tertiary/aromatic N) is 3. The second kappa shape index (κ2) is 7.14. The van der Waals surface area contributed by atoms with Crippen LogP contribution in [0.3, 0.4) is 0 Å². The van der Waals surface area contributed by atoms with E-state index in [1.54, 1.807) is 4.90 Å². The monoisotopic (exact) mass is 366 g/mol. The molecule has 1 aromatic heterocycles. The Morgan fingerprint density at radius 2 is 2.25 bits per heavy atom. The molecular formula is C15H15ClN4O3S. The molecular weight excluding hydrogens is 352 g/mol. The molecule has 9 heteroatoms. The van der Waals surface area contributed by atoms with Crippen molar-refractivity contribution < 1.29 is 14.7 Å². The maximum Gasteiger partial charge on any atom is 0.257 e. The van der Waals surface area contributed by atoms with Crippen molar-refractivity contribution in [1.29, 1.82) is 0 Å². The summed E-state index contributed by atoms with van der Waals surface area (Å²) in [5.41, 5.74) is 1.68. The Hall–Kier alpha value is -2.19. The van der Waals surface area contributed by atoms with Crippen LogP contribution in [0.4, 0.5) is 5.13 Å². The lowest BCUT2D eigenvalue weighted by Gasteiger charge is -2.32. The maximum absolute atomic E-state index is 12.6. The van der Waals surface area contributed by atoms with Crippen LogP contribution in [0, 0.1) is 5.92 Å². The van der Waals surface area contributed by atoms with Gasteiger partial charge in [0.2, 0.25) is 11.0 Å². The van der Waals surface area contributed by atoms with E-state index in [1.165, 1.54) is 35.0 Å². The summed E-state index contributed by atoms with van der Waals surface area (Å²) in [4.78, 5) is 26.5. The predicted octanol–water partition coefficient (Wildman–Crippen LogP) is 2.39. The fourth-order valence-corrected chi connectivity index (χ4v) is 3.28. The molecule has 1 fully saturated rings. The molecule has 1 aliphatic rings. The molecule has 1 aliphatic heterocycles. The number of aromatic nitrogens is 2. The van der Waals surface area contributed by atoms with E-state index < -0.39 is 0 Å². The Balaban J connectivity index is 1.69. The summed E-state index contributed by atoms with van der Waals surface area (Å²) in [5.74, 6) is -0.958. The molecule has 2 amide bonds. The van der Waals surface area contributed by atoms with Crippen molar-refractivity contribution in [2.45, 2.75) is 12.8 Å². The van der Waals surface area contributed by atoms with Crippen molar-refractivity contribution >= 4 is 39.9 Å². The standard InChI is InChI=1S/C15H15ClN4O3S/c16-10-3-4-12(21)11(6-10)14(23)20-5-1-2-9(7-20)13(22)18-15-19-17-8-24-15/h3-4,6,8-9,21H,1-2,5,7H2,(H,18,19,22)/t9-/m0/s1. The van der Waals surface area contributed by atoms with E-state index in [1.807, 2.05) is 0 Å². The normalized spacial score (nSPS) is 17.5. The first-order valence-corrected chi connectivity index (χ1v) is 8.65. The summed E-state index contributed by atoms with van der Waals surface area (Å²) in [6, 6.07) is 4.34. The third kappa shape index (κ3) is 3.65. The first-order chi connectivity index (χ1) is 11.5. The minimum Gasteiger partial charge on any atom is -0.507 e. The molecule has 0 radical (unpaired) electrons. The third-order valence-electron chi connectivity index (χ3n) is 3.86. The van der Waals surface area contributed by atoms with Crippen molar-refractivity contribution in [3.63, 3.8) is 0 Å². The number of hydrogen-bond donors (Lipinski definition) is 2. The summed E-state index contributed by atoms with van der Waals surface area (Å²) >= 11 is 7.14. The number of anilines is 1. The van der Waals surface area contributed by atoms with Gasteiger partial charge in [0, 0.05) is 18.1 Å². The Labute approximate surface area is 147 Å². The maximum atomic E-state index is 12.6. The molecule has 0 bridgehead atoms. The summed E-state index contributed by atoms with van der Waals surface area (Å²) < 4.78 is 0. The minimum absolute atomic E-state index is 0.121. The molecule has 0 unspecified atom stereocenters. The van der Waals surface area contributed by atoms with Crippen molar-refractivity contribution in [2.24, 2.45) is 5.92 Å². The van der Waals surface area contributed by atoms with Gasteiger partial charge >= 0.3 is 0 Å². The van der Waals surface area contributed by atoms with Crippen LogP contribution < -0.4 is 5.32 Å². The van der Waals surface area contributed by atoms with Gasteiger partial charge in [0.1, 0.15) is 11.3 Å². The molecule has 126 valence electrons. The van der Waals surface area contributed by atoms with Crippen molar-refractivity contribution in [1.82, 2.24) is 15.1 Å². The van der Waals surface area contributed by atoms with Crippen molar-refractivity contribution in [3.05, 3.63) is 34.3 Å². The zero-order valence-electron chi connectivity index (χ0n) is 12.6. The summed E-state index contributed by atoms with van der Waals surface area (Å²) in [7, 11) is 0. The van der Waals surface area contributed by atoms with Crippen LogP contribution in [0.2, 0.25) is 5.02 Å². The third-order valence-corrected chi connectivity index (χ3v) is 4.70. The van der Waals surface area contributed by atoms with Crippen LogP contribution >= 0.6 is 22.9 Å².